The van der Waals surface area contributed by atoms with E-state index in [0.717, 1.165) is 11.1 Å². The third-order valence-electron chi connectivity index (χ3n) is 3.72. The molecular weight excluding hydrogens is 312 g/mol. The van der Waals surface area contributed by atoms with Gasteiger partial charge in [0, 0.05) is 16.1 Å². The maximum Gasteiger partial charge on any atom is 0.252 e. The van der Waals surface area contributed by atoms with E-state index >= 15 is 0 Å². The molecule has 4 nitrogen and oxygen atoms in total. The van der Waals surface area contributed by atoms with Crippen molar-refractivity contribution in [3.8, 4) is 0 Å². The van der Waals surface area contributed by atoms with Gasteiger partial charge in [-0.2, -0.15) is 0 Å². The van der Waals surface area contributed by atoms with Gasteiger partial charge in [0.05, 0.1) is 17.0 Å². The Morgan fingerprint density at radius 1 is 1.17 bits per heavy atom. The highest BCUT2D eigenvalue weighted by Crippen LogP contribution is 2.29. The largest absolute Gasteiger partial charge is 0.388 e. The summed E-state index contributed by atoms with van der Waals surface area (Å²) in [4.78, 5) is 17.1. The second-order valence-electron chi connectivity index (χ2n) is 6.08. The number of hydrogen-bond acceptors (Lipinski definition) is 3. The van der Waals surface area contributed by atoms with E-state index in [1.165, 1.54) is 0 Å². The molecule has 0 bridgehead atoms. The Balaban J connectivity index is 2.25. The van der Waals surface area contributed by atoms with E-state index in [-0.39, 0.29) is 5.91 Å². The van der Waals surface area contributed by atoms with Crippen molar-refractivity contribution in [3.05, 3.63) is 64.7 Å². The molecule has 1 aliphatic rings. The van der Waals surface area contributed by atoms with E-state index in [2.05, 4.69) is 10.3 Å². The third kappa shape index (κ3) is 3.14. The number of nitrogens with one attached hydrogen (secondary N) is 1. The number of amides is 1. The molecule has 3 rings (SSSR count). The zero-order valence-corrected chi connectivity index (χ0v) is 13.6. The molecule has 2 N–H and O–H groups in total. The Kier molecular flexibility index (Phi) is 3.96. The van der Waals surface area contributed by atoms with E-state index in [0.29, 0.717) is 16.4 Å². The first kappa shape index (κ1) is 15.7. The van der Waals surface area contributed by atoms with E-state index in [1.54, 1.807) is 32.0 Å². The van der Waals surface area contributed by atoms with Crippen LogP contribution in [0.2, 0.25) is 5.02 Å². The van der Waals surface area contributed by atoms with Crippen LogP contribution in [-0.2, 0) is 4.79 Å². The summed E-state index contributed by atoms with van der Waals surface area (Å²) in [6.45, 7) is 3.15. The molecule has 1 heterocycles. The molecule has 0 saturated carbocycles. The molecule has 0 radical (unpaired) electrons. The maximum atomic E-state index is 12.5. The standard InChI is InChI=1S/C18H17ClN2O2/c1-18(2,23)16-17(22)20-14-9-8-12(19)10-13(14)15(21-16)11-6-4-3-5-7-11/h3-10,16,23H,1-2H3,(H,20,22)/t16-/m1/s1. The first-order chi connectivity index (χ1) is 10.9. The van der Waals surface area contributed by atoms with Crippen LogP contribution < -0.4 is 5.32 Å². The number of fused-ring (bicyclic) bond motifs is 1. The molecule has 5 heteroatoms. The smallest absolute Gasteiger partial charge is 0.252 e. The van der Waals surface area contributed by atoms with Crippen LogP contribution in [0.25, 0.3) is 0 Å². The van der Waals surface area contributed by atoms with Gasteiger partial charge in [0.2, 0.25) is 0 Å². The summed E-state index contributed by atoms with van der Waals surface area (Å²) in [5.41, 5.74) is 1.59. The second-order valence-corrected chi connectivity index (χ2v) is 6.52. The Morgan fingerprint density at radius 3 is 2.52 bits per heavy atom. The second kappa shape index (κ2) is 5.80. The lowest BCUT2D eigenvalue weighted by Gasteiger charge is -2.24. The van der Waals surface area contributed by atoms with Crippen molar-refractivity contribution in [2.45, 2.75) is 25.5 Å². The number of nitrogens with zero attached hydrogens (tertiary/aromatic N) is 1. The summed E-state index contributed by atoms with van der Waals surface area (Å²) in [7, 11) is 0. The minimum Gasteiger partial charge on any atom is -0.388 e. The summed E-state index contributed by atoms with van der Waals surface area (Å²) in [6, 6.07) is 13.9. The Hall–Kier alpha value is -2.17. The number of benzene rings is 2. The van der Waals surface area contributed by atoms with Gasteiger partial charge in [-0.1, -0.05) is 41.9 Å². The van der Waals surface area contributed by atoms with Gasteiger partial charge in [0.25, 0.3) is 5.91 Å². The van der Waals surface area contributed by atoms with E-state index in [1.807, 2.05) is 30.3 Å². The van der Waals surface area contributed by atoms with Crippen molar-refractivity contribution in [2.24, 2.45) is 4.99 Å². The molecular formula is C18H17ClN2O2. The quantitative estimate of drug-likeness (QED) is 0.888. The van der Waals surface area contributed by atoms with Crippen LogP contribution in [0, 0.1) is 0 Å². The predicted octanol–water partition coefficient (Wildman–Crippen LogP) is 3.27. The van der Waals surface area contributed by atoms with Crippen LogP contribution in [0.15, 0.2) is 53.5 Å². The molecule has 0 spiro atoms. The van der Waals surface area contributed by atoms with Crippen LogP contribution in [-0.4, -0.2) is 28.4 Å². The van der Waals surface area contributed by atoms with Crippen LogP contribution in [0.3, 0.4) is 0 Å². The van der Waals surface area contributed by atoms with Crippen molar-refractivity contribution in [1.29, 1.82) is 0 Å². The van der Waals surface area contributed by atoms with Gasteiger partial charge >= 0.3 is 0 Å². The van der Waals surface area contributed by atoms with Crippen molar-refractivity contribution in [3.63, 3.8) is 0 Å². The van der Waals surface area contributed by atoms with Gasteiger partial charge in [0.15, 0.2) is 6.04 Å². The number of benzodiazepines with no additional fused rings is 1. The number of rotatable bonds is 2. The fraction of sp³-hybridized carbons (Fsp3) is 0.222. The van der Waals surface area contributed by atoms with Gasteiger partial charge < -0.3 is 10.4 Å². The van der Waals surface area contributed by atoms with Gasteiger partial charge in [-0.15, -0.1) is 0 Å². The molecule has 0 unspecified atom stereocenters. The van der Waals surface area contributed by atoms with E-state index in [9.17, 15) is 9.90 Å². The van der Waals surface area contributed by atoms with Gasteiger partial charge in [-0.25, -0.2) is 0 Å². The van der Waals surface area contributed by atoms with Crippen molar-refractivity contribution >= 4 is 28.9 Å². The molecule has 1 amide bonds. The van der Waals surface area contributed by atoms with Crippen LogP contribution in [0.4, 0.5) is 5.69 Å². The van der Waals surface area contributed by atoms with Crippen molar-refractivity contribution in [1.82, 2.24) is 0 Å². The SMILES string of the molecule is CC(C)(O)[C@@H]1N=C(c2ccccc2)c2cc(Cl)ccc2NC1=O. The number of hydrogen-bond donors (Lipinski definition) is 2. The molecule has 2 aromatic rings. The monoisotopic (exact) mass is 328 g/mol. The lowest BCUT2D eigenvalue weighted by atomic mass is 9.97. The molecule has 0 saturated heterocycles. The van der Waals surface area contributed by atoms with Crippen LogP contribution >= 0.6 is 11.6 Å². The lowest BCUT2D eigenvalue weighted by Crippen LogP contribution is -2.43. The number of carbonyl (C=O) groups excluding carboxylic acids is 1. The summed E-state index contributed by atoms with van der Waals surface area (Å²) in [6.07, 6.45) is 0. The molecule has 0 aliphatic carbocycles. The highest BCUT2D eigenvalue weighted by atomic mass is 35.5. The Labute approximate surface area is 139 Å². The normalized spacial score (nSPS) is 17.8. The topological polar surface area (TPSA) is 61.7 Å². The molecule has 0 aromatic heterocycles. The summed E-state index contributed by atoms with van der Waals surface area (Å²) in [5, 5.41) is 13.7. The van der Waals surface area contributed by atoms with Crippen molar-refractivity contribution < 1.29 is 9.90 Å². The number of halogens is 1. The Morgan fingerprint density at radius 2 is 1.87 bits per heavy atom. The fourth-order valence-electron chi connectivity index (χ4n) is 2.58. The van der Waals surface area contributed by atoms with Crippen LogP contribution in [0.1, 0.15) is 25.0 Å². The summed E-state index contributed by atoms with van der Waals surface area (Å²) >= 11 is 6.13. The van der Waals surface area contributed by atoms with Gasteiger partial charge in [-0.3, -0.25) is 9.79 Å². The number of carbonyl (C=O) groups is 1. The molecule has 2 aromatic carbocycles. The number of aliphatic imine (C=N–C) groups is 1. The lowest BCUT2D eigenvalue weighted by molar-refractivity contribution is -0.121. The average molecular weight is 329 g/mol. The highest BCUT2D eigenvalue weighted by Gasteiger charge is 2.36. The first-order valence-corrected chi connectivity index (χ1v) is 7.70. The van der Waals surface area contributed by atoms with Crippen LogP contribution in [0.5, 0.6) is 0 Å². The number of aliphatic hydroxyl groups is 1. The fourth-order valence-corrected chi connectivity index (χ4v) is 2.76. The first-order valence-electron chi connectivity index (χ1n) is 7.32. The summed E-state index contributed by atoms with van der Waals surface area (Å²) < 4.78 is 0. The van der Waals surface area contributed by atoms with E-state index < -0.39 is 11.6 Å². The predicted molar refractivity (Wildman–Crippen MR) is 92.2 cm³/mol. The average Bonchev–Trinajstić information content (AvgIpc) is 2.64. The zero-order chi connectivity index (χ0) is 16.6. The van der Waals surface area contributed by atoms with E-state index in [4.69, 9.17) is 11.6 Å². The zero-order valence-electron chi connectivity index (χ0n) is 12.9. The minimum absolute atomic E-state index is 0.341. The maximum absolute atomic E-state index is 12.5. The Bertz CT molecular complexity index is 779. The molecule has 1 aliphatic heterocycles. The molecule has 23 heavy (non-hydrogen) atoms. The van der Waals surface area contributed by atoms with Gasteiger partial charge in [-0.05, 0) is 32.0 Å². The molecule has 0 fully saturated rings. The minimum atomic E-state index is -1.28. The number of anilines is 1. The van der Waals surface area contributed by atoms with Crippen molar-refractivity contribution in [2.75, 3.05) is 5.32 Å². The third-order valence-corrected chi connectivity index (χ3v) is 3.95. The highest BCUT2D eigenvalue weighted by molar-refractivity contribution is 6.32. The van der Waals surface area contributed by atoms with Gasteiger partial charge in [0.1, 0.15) is 0 Å². The molecule has 1 atom stereocenters. The molecule has 118 valence electrons. The summed E-state index contributed by atoms with van der Waals surface area (Å²) in [5.74, 6) is -0.341.